The summed E-state index contributed by atoms with van der Waals surface area (Å²) in [6.07, 6.45) is 8.81. The Morgan fingerprint density at radius 3 is 3.00 bits per heavy atom. The maximum Gasteiger partial charge on any atom is 0.0762 e. The van der Waals surface area contributed by atoms with E-state index in [9.17, 15) is 0 Å². The maximum atomic E-state index is 9.12. The molecule has 1 heteroatoms. The number of hydrogen-bond donors (Lipinski definition) is 1. The van der Waals surface area contributed by atoms with E-state index >= 15 is 0 Å². The van der Waals surface area contributed by atoms with Gasteiger partial charge in [-0.2, -0.15) is 0 Å². The standard InChI is InChI=1S/C9H10O/c1-8(10)9-6-4-2-3-5-7-9/h2,4-8,10H,1H3. The van der Waals surface area contributed by atoms with Crippen LogP contribution in [0.3, 0.4) is 0 Å². The third-order valence-corrected chi connectivity index (χ3v) is 1.34. The zero-order chi connectivity index (χ0) is 7.40. The molecule has 0 aliphatic heterocycles. The van der Waals surface area contributed by atoms with Crippen LogP contribution in [0.25, 0.3) is 0 Å². The highest BCUT2D eigenvalue weighted by Crippen LogP contribution is 2.05. The van der Waals surface area contributed by atoms with Crippen LogP contribution in [0.2, 0.25) is 0 Å². The summed E-state index contributed by atoms with van der Waals surface area (Å²) in [5.74, 6) is 0. The van der Waals surface area contributed by atoms with Gasteiger partial charge in [-0.1, -0.05) is 12.2 Å². The molecule has 0 bridgehead atoms. The van der Waals surface area contributed by atoms with Crippen LogP contribution in [0.1, 0.15) is 6.92 Å². The Kier molecular flexibility index (Phi) is 2.27. The van der Waals surface area contributed by atoms with E-state index in [1.807, 2.05) is 24.3 Å². The van der Waals surface area contributed by atoms with E-state index in [0.29, 0.717) is 0 Å². The number of hydrogen-bond acceptors (Lipinski definition) is 1. The summed E-state index contributed by atoms with van der Waals surface area (Å²) in [7, 11) is 0. The summed E-state index contributed by atoms with van der Waals surface area (Å²) < 4.78 is 0. The zero-order valence-corrected chi connectivity index (χ0v) is 5.91. The van der Waals surface area contributed by atoms with Crippen molar-refractivity contribution in [2.75, 3.05) is 0 Å². The molecule has 0 heterocycles. The monoisotopic (exact) mass is 134 g/mol. The fourth-order valence-electron chi connectivity index (χ4n) is 0.749. The highest BCUT2D eigenvalue weighted by atomic mass is 16.3. The van der Waals surface area contributed by atoms with Gasteiger partial charge < -0.3 is 5.11 Å². The van der Waals surface area contributed by atoms with Crippen LogP contribution < -0.4 is 0 Å². The molecule has 0 saturated heterocycles. The Balaban J connectivity index is 2.81. The van der Waals surface area contributed by atoms with Gasteiger partial charge in [0.15, 0.2) is 0 Å². The lowest BCUT2D eigenvalue weighted by Gasteiger charge is -2.01. The number of aliphatic hydroxyl groups is 1. The van der Waals surface area contributed by atoms with Crippen molar-refractivity contribution >= 4 is 0 Å². The Labute approximate surface area is 60.7 Å². The molecule has 1 N–H and O–H groups in total. The first-order valence-corrected chi connectivity index (χ1v) is 3.28. The number of allylic oxidation sites excluding steroid dienone is 3. The van der Waals surface area contributed by atoms with Gasteiger partial charge in [-0.25, -0.2) is 0 Å². The summed E-state index contributed by atoms with van der Waals surface area (Å²) >= 11 is 0. The fraction of sp³-hybridized carbons (Fsp3) is 0.222. The quantitative estimate of drug-likeness (QED) is 0.540. The Hall–Kier alpha value is -1.04. The topological polar surface area (TPSA) is 20.2 Å². The molecular formula is C9H10O. The smallest absolute Gasteiger partial charge is 0.0762 e. The molecule has 1 nitrogen and oxygen atoms in total. The molecular weight excluding hydrogens is 124 g/mol. The number of rotatable bonds is 1. The van der Waals surface area contributed by atoms with Crippen molar-refractivity contribution in [1.29, 1.82) is 0 Å². The Morgan fingerprint density at radius 2 is 2.30 bits per heavy atom. The van der Waals surface area contributed by atoms with Crippen molar-refractivity contribution in [3.8, 4) is 0 Å². The summed E-state index contributed by atoms with van der Waals surface area (Å²) in [6.45, 7) is 1.75. The van der Waals surface area contributed by atoms with E-state index in [1.165, 1.54) is 0 Å². The van der Waals surface area contributed by atoms with Gasteiger partial charge in [-0.3, -0.25) is 0 Å². The Bertz CT molecular complexity index is 225. The van der Waals surface area contributed by atoms with E-state index in [2.05, 4.69) is 5.73 Å². The van der Waals surface area contributed by atoms with Crippen molar-refractivity contribution in [2.45, 2.75) is 13.0 Å². The van der Waals surface area contributed by atoms with Gasteiger partial charge in [-0.05, 0) is 30.7 Å². The van der Waals surface area contributed by atoms with Gasteiger partial charge in [-0.15, -0.1) is 5.73 Å². The van der Waals surface area contributed by atoms with E-state index in [1.54, 1.807) is 13.0 Å². The maximum absolute atomic E-state index is 9.12. The molecule has 52 valence electrons. The van der Waals surface area contributed by atoms with E-state index in [4.69, 9.17) is 5.11 Å². The van der Waals surface area contributed by atoms with Crippen LogP contribution in [0.5, 0.6) is 0 Å². The largest absolute Gasteiger partial charge is 0.389 e. The third-order valence-electron chi connectivity index (χ3n) is 1.34. The van der Waals surface area contributed by atoms with Crippen molar-refractivity contribution < 1.29 is 5.11 Å². The van der Waals surface area contributed by atoms with Gasteiger partial charge in [0.25, 0.3) is 0 Å². The molecule has 0 aromatic carbocycles. The van der Waals surface area contributed by atoms with Crippen molar-refractivity contribution in [1.82, 2.24) is 0 Å². The predicted molar refractivity (Wildman–Crippen MR) is 41.6 cm³/mol. The fourth-order valence-corrected chi connectivity index (χ4v) is 0.749. The van der Waals surface area contributed by atoms with Crippen LogP contribution in [0.15, 0.2) is 41.7 Å². The minimum Gasteiger partial charge on any atom is -0.389 e. The average molecular weight is 134 g/mol. The molecule has 0 amide bonds. The molecule has 1 rings (SSSR count). The van der Waals surface area contributed by atoms with E-state index in [0.717, 1.165) is 5.57 Å². The average Bonchev–Trinajstić information content (AvgIpc) is 2.12. The molecule has 1 atom stereocenters. The van der Waals surface area contributed by atoms with Crippen LogP contribution in [0, 0.1) is 0 Å². The molecule has 0 saturated carbocycles. The highest BCUT2D eigenvalue weighted by Gasteiger charge is 1.98. The molecule has 1 unspecified atom stereocenters. The first kappa shape index (κ1) is 7.07. The van der Waals surface area contributed by atoms with Crippen molar-refractivity contribution in [2.24, 2.45) is 0 Å². The first-order chi connectivity index (χ1) is 4.80. The molecule has 0 spiro atoms. The lowest BCUT2D eigenvalue weighted by atomic mass is 10.1. The second-order valence-electron chi connectivity index (χ2n) is 2.20. The first-order valence-electron chi connectivity index (χ1n) is 3.28. The molecule has 10 heavy (non-hydrogen) atoms. The number of aliphatic hydroxyl groups excluding tert-OH is 1. The predicted octanol–water partition coefficient (Wildman–Crippen LogP) is 1.57. The van der Waals surface area contributed by atoms with Gasteiger partial charge in [0, 0.05) is 0 Å². The molecule has 0 aromatic heterocycles. The van der Waals surface area contributed by atoms with E-state index < -0.39 is 0 Å². The second-order valence-corrected chi connectivity index (χ2v) is 2.20. The molecule has 1 aliphatic carbocycles. The molecule has 1 aliphatic rings. The minimum atomic E-state index is -0.388. The third kappa shape index (κ3) is 1.73. The van der Waals surface area contributed by atoms with Crippen LogP contribution in [-0.4, -0.2) is 11.2 Å². The molecule has 0 radical (unpaired) electrons. The lowest BCUT2D eigenvalue weighted by Crippen LogP contribution is -2.00. The van der Waals surface area contributed by atoms with Crippen LogP contribution in [0.4, 0.5) is 0 Å². The van der Waals surface area contributed by atoms with Gasteiger partial charge in [0.05, 0.1) is 6.10 Å². The van der Waals surface area contributed by atoms with Crippen molar-refractivity contribution in [3.63, 3.8) is 0 Å². The lowest BCUT2D eigenvalue weighted by molar-refractivity contribution is 0.235. The summed E-state index contributed by atoms with van der Waals surface area (Å²) in [5, 5.41) is 9.12. The summed E-state index contributed by atoms with van der Waals surface area (Å²) in [4.78, 5) is 0. The minimum absolute atomic E-state index is 0.388. The van der Waals surface area contributed by atoms with Crippen LogP contribution >= 0.6 is 0 Å². The van der Waals surface area contributed by atoms with Gasteiger partial charge >= 0.3 is 0 Å². The Morgan fingerprint density at radius 1 is 1.50 bits per heavy atom. The van der Waals surface area contributed by atoms with Gasteiger partial charge in [0.1, 0.15) is 0 Å². The van der Waals surface area contributed by atoms with Crippen LogP contribution in [-0.2, 0) is 0 Å². The SMILES string of the molecule is CC(O)C1=CC=C=CC=C1. The van der Waals surface area contributed by atoms with Gasteiger partial charge in [0.2, 0.25) is 0 Å². The highest BCUT2D eigenvalue weighted by molar-refractivity contribution is 5.31. The normalized spacial score (nSPS) is 18.4. The van der Waals surface area contributed by atoms with E-state index in [-0.39, 0.29) is 6.10 Å². The summed E-state index contributed by atoms with van der Waals surface area (Å²) in [6, 6.07) is 0. The summed E-state index contributed by atoms with van der Waals surface area (Å²) in [5.41, 5.74) is 3.83. The molecule has 0 fully saturated rings. The van der Waals surface area contributed by atoms with Crippen molar-refractivity contribution in [3.05, 3.63) is 41.7 Å². The zero-order valence-electron chi connectivity index (χ0n) is 5.91. The second kappa shape index (κ2) is 3.21. The molecule has 0 aromatic rings.